The number of carbonyl (C=O) groups is 2. The molecule has 1 aromatic heterocycles. The van der Waals surface area contributed by atoms with Gasteiger partial charge in [0.2, 0.25) is 5.91 Å². The minimum atomic E-state index is -0.307. The highest BCUT2D eigenvalue weighted by atomic mass is 32.1. The minimum Gasteiger partial charge on any atom is -0.397 e. The molecule has 0 atom stereocenters. The largest absolute Gasteiger partial charge is 0.397 e. The smallest absolute Gasteiger partial charge is 0.263 e. The van der Waals surface area contributed by atoms with Gasteiger partial charge in [-0.1, -0.05) is 19.1 Å². The molecule has 2 rings (SSSR count). The van der Waals surface area contributed by atoms with Gasteiger partial charge in [-0.2, -0.15) is 0 Å². The van der Waals surface area contributed by atoms with E-state index in [-0.39, 0.29) is 18.4 Å². The molecule has 0 unspecified atom stereocenters. The molecule has 0 fully saturated rings. The predicted octanol–water partition coefficient (Wildman–Crippen LogP) is 2.05. The molecule has 0 aliphatic carbocycles. The second-order valence-electron chi connectivity index (χ2n) is 4.88. The third-order valence-corrected chi connectivity index (χ3v) is 4.24. The van der Waals surface area contributed by atoms with Crippen LogP contribution in [0.2, 0.25) is 0 Å². The normalized spacial score (nSPS) is 10.6. The molecular weight excluding hydrogens is 286 g/mol. The van der Waals surface area contributed by atoms with Crippen molar-refractivity contribution in [2.75, 3.05) is 18.8 Å². The van der Waals surface area contributed by atoms with E-state index in [1.807, 2.05) is 32.0 Å². The number of carbonyl (C=O) groups excluding carboxylic acids is 2. The standard InChI is InChI=1S/C15H19N3O2S/c1-3-6-17-12(19)8-18-15(20)14-13(16)10-5-4-9(2)7-11(10)21-14/h4-5,7H,3,6,8,16H2,1-2H3,(H,17,19)(H,18,20). The lowest BCUT2D eigenvalue weighted by molar-refractivity contribution is -0.120. The summed E-state index contributed by atoms with van der Waals surface area (Å²) in [6, 6.07) is 5.88. The van der Waals surface area contributed by atoms with Crippen LogP contribution in [0.1, 0.15) is 28.6 Å². The first-order valence-corrected chi connectivity index (χ1v) is 7.68. The molecule has 0 saturated heterocycles. The number of rotatable bonds is 5. The highest BCUT2D eigenvalue weighted by Gasteiger charge is 2.16. The Kier molecular flexibility index (Phi) is 4.80. The number of benzene rings is 1. The molecule has 112 valence electrons. The van der Waals surface area contributed by atoms with Crippen molar-refractivity contribution >= 4 is 38.9 Å². The quantitative estimate of drug-likeness (QED) is 0.790. The van der Waals surface area contributed by atoms with Gasteiger partial charge in [0.15, 0.2) is 0 Å². The summed E-state index contributed by atoms with van der Waals surface area (Å²) in [6.45, 7) is 4.54. The molecule has 4 N–H and O–H groups in total. The zero-order valence-electron chi connectivity index (χ0n) is 12.2. The van der Waals surface area contributed by atoms with E-state index in [0.717, 1.165) is 22.1 Å². The molecular formula is C15H19N3O2S. The molecule has 0 aliphatic heterocycles. The molecule has 1 aromatic carbocycles. The van der Waals surface area contributed by atoms with E-state index in [9.17, 15) is 9.59 Å². The first-order chi connectivity index (χ1) is 10.0. The maximum atomic E-state index is 12.1. The zero-order chi connectivity index (χ0) is 15.4. The molecule has 0 spiro atoms. The number of hydrogen-bond donors (Lipinski definition) is 3. The average Bonchev–Trinajstić information content (AvgIpc) is 2.79. The number of nitrogen functional groups attached to an aromatic ring is 1. The van der Waals surface area contributed by atoms with Crippen LogP contribution >= 0.6 is 11.3 Å². The van der Waals surface area contributed by atoms with Gasteiger partial charge >= 0.3 is 0 Å². The van der Waals surface area contributed by atoms with Gasteiger partial charge in [-0.15, -0.1) is 11.3 Å². The average molecular weight is 305 g/mol. The monoisotopic (exact) mass is 305 g/mol. The fraction of sp³-hybridized carbons (Fsp3) is 0.333. The molecule has 6 heteroatoms. The van der Waals surface area contributed by atoms with E-state index in [2.05, 4.69) is 10.6 Å². The maximum absolute atomic E-state index is 12.1. The number of nitrogens with two attached hydrogens (primary N) is 1. The molecule has 0 saturated carbocycles. The van der Waals surface area contributed by atoms with Crippen molar-refractivity contribution in [1.82, 2.24) is 10.6 Å². The van der Waals surface area contributed by atoms with Crippen LogP contribution in [0.4, 0.5) is 5.69 Å². The Morgan fingerprint density at radius 3 is 2.76 bits per heavy atom. The summed E-state index contributed by atoms with van der Waals surface area (Å²) < 4.78 is 0.980. The summed E-state index contributed by atoms with van der Waals surface area (Å²) >= 11 is 1.35. The summed E-state index contributed by atoms with van der Waals surface area (Å²) in [4.78, 5) is 24.1. The Labute approximate surface area is 127 Å². The van der Waals surface area contributed by atoms with Gasteiger partial charge in [-0.05, 0) is 25.0 Å². The van der Waals surface area contributed by atoms with Crippen LogP contribution in [-0.2, 0) is 4.79 Å². The molecule has 5 nitrogen and oxygen atoms in total. The third-order valence-electron chi connectivity index (χ3n) is 3.07. The molecule has 1 heterocycles. The summed E-state index contributed by atoms with van der Waals surface area (Å²) in [5.41, 5.74) is 7.62. The lowest BCUT2D eigenvalue weighted by Gasteiger charge is -2.05. The van der Waals surface area contributed by atoms with E-state index in [1.165, 1.54) is 11.3 Å². The van der Waals surface area contributed by atoms with E-state index in [1.54, 1.807) is 0 Å². The van der Waals surface area contributed by atoms with E-state index in [0.29, 0.717) is 17.1 Å². The van der Waals surface area contributed by atoms with Crippen LogP contribution in [0.15, 0.2) is 18.2 Å². The second kappa shape index (κ2) is 6.58. The van der Waals surface area contributed by atoms with Gasteiger partial charge in [-0.3, -0.25) is 9.59 Å². The Morgan fingerprint density at radius 1 is 1.29 bits per heavy atom. The lowest BCUT2D eigenvalue weighted by atomic mass is 10.1. The number of hydrogen-bond acceptors (Lipinski definition) is 4. The van der Waals surface area contributed by atoms with Crippen molar-refractivity contribution in [3.8, 4) is 0 Å². The number of amides is 2. The van der Waals surface area contributed by atoms with Crippen LogP contribution in [0, 0.1) is 6.92 Å². The van der Waals surface area contributed by atoms with E-state index in [4.69, 9.17) is 5.73 Å². The third kappa shape index (κ3) is 3.52. The number of thiophene rings is 1. The van der Waals surface area contributed by atoms with Crippen molar-refractivity contribution in [2.45, 2.75) is 20.3 Å². The van der Waals surface area contributed by atoms with Gasteiger partial charge in [0.05, 0.1) is 12.2 Å². The maximum Gasteiger partial charge on any atom is 0.263 e. The van der Waals surface area contributed by atoms with Crippen LogP contribution in [-0.4, -0.2) is 24.9 Å². The Bertz CT molecular complexity index is 679. The van der Waals surface area contributed by atoms with Crippen molar-refractivity contribution in [3.05, 3.63) is 28.6 Å². The Morgan fingerprint density at radius 2 is 2.05 bits per heavy atom. The first kappa shape index (κ1) is 15.3. The number of anilines is 1. The fourth-order valence-corrected chi connectivity index (χ4v) is 3.10. The molecule has 0 aliphatic rings. The van der Waals surface area contributed by atoms with Gasteiger partial charge < -0.3 is 16.4 Å². The molecule has 2 amide bonds. The summed E-state index contributed by atoms with van der Waals surface area (Å²) in [6.07, 6.45) is 0.863. The molecule has 2 aromatic rings. The minimum absolute atomic E-state index is 0.0362. The summed E-state index contributed by atoms with van der Waals surface area (Å²) in [7, 11) is 0. The van der Waals surface area contributed by atoms with Gasteiger partial charge in [0, 0.05) is 16.6 Å². The lowest BCUT2D eigenvalue weighted by Crippen LogP contribution is -2.37. The van der Waals surface area contributed by atoms with Crippen molar-refractivity contribution in [2.24, 2.45) is 0 Å². The molecule has 0 bridgehead atoms. The van der Waals surface area contributed by atoms with Gasteiger partial charge in [-0.25, -0.2) is 0 Å². The van der Waals surface area contributed by atoms with E-state index >= 15 is 0 Å². The predicted molar refractivity (Wildman–Crippen MR) is 86.6 cm³/mol. The van der Waals surface area contributed by atoms with Gasteiger partial charge in [0.25, 0.3) is 5.91 Å². The SMILES string of the molecule is CCCNC(=O)CNC(=O)c1sc2cc(C)ccc2c1N. The van der Waals surface area contributed by atoms with Crippen molar-refractivity contribution in [1.29, 1.82) is 0 Å². The van der Waals surface area contributed by atoms with Crippen LogP contribution in [0.25, 0.3) is 10.1 Å². The topological polar surface area (TPSA) is 84.2 Å². The zero-order valence-corrected chi connectivity index (χ0v) is 13.0. The number of nitrogens with one attached hydrogen (secondary N) is 2. The van der Waals surface area contributed by atoms with Gasteiger partial charge in [0.1, 0.15) is 4.88 Å². The first-order valence-electron chi connectivity index (χ1n) is 6.86. The Hall–Kier alpha value is -2.08. The van der Waals surface area contributed by atoms with Crippen LogP contribution < -0.4 is 16.4 Å². The summed E-state index contributed by atoms with van der Waals surface area (Å²) in [5.74, 6) is -0.501. The van der Waals surface area contributed by atoms with Crippen molar-refractivity contribution in [3.63, 3.8) is 0 Å². The molecule has 0 radical (unpaired) electrons. The highest BCUT2D eigenvalue weighted by Crippen LogP contribution is 2.33. The second-order valence-corrected chi connectivity index (χ2v) is 5.93. The van der Waals surface area contributed by atoms with Crippen LogP contribution in [0.3, 0.4) is 0 Å². The van der Waals surface area contributed by atoms with Crippen LogP contribution in [0.5, 0.6) is 0 Å². The number of fused-ring (bicyclic) bond motifs is 1. The van der Waals surface area contributed by atoms with Crippen molar-refractivity contribution < 1.29 is 9.59 Å². The Balaban J connectivity index is 2.09. The fourth-order valence-electron chi connectivity index (χ4n) is 1.96. The summed E-state index contributed by atoms with van der Waals surface area (Å²) in [5, 5.41) is 6.19. The molecule has 21 heavy (non-hydrogen) atoms. The van der Waals surface area contributed by atoms with E-state index < -0.39 is 0 Å². The highest BCUT2D eigenvalue weighted by molar-refractivity contribution is 7.21. The number of aryl methyl sites for hydroxylation is 1.